The van der Waals surface area contributed by atoms with Crippen molar-refractivity contribution in [1.82, 2.24) is 14.9 Å². The summed E-state index contributed by atoms with van der Waals surface area (Å²) in [4.78, 5) is 33.7. The lowest BCUT2D eigenvalue weighted by Crippen LogP contribution is -2.53. The highest BCUT2D eigenvalue weighted by Gasteiger charge is 2.38. The van der Waals surface area contributed by atoms with Crippen LogP contribution in [0.4, 0.5) is 0 Å². The number of rotatable bonds is 4. The van der Waals surface area contributed by atoms with Crippen molar-refractivity contribution >= 4 is 23.6 Å². The van der Waals surface area contributed by atoms with Crippen LogP contribution in [-0.4, -0.2) is 51.2 Å². The topological polar surface area (TPSA) is 83.4 Å². The van der Waals surface area contributed by atoms with Crippen LogP contribution in [0.3, 0.4) is 0 Å². The number of aromatic nitrogens is 2. The van der Waals surface area contributed by atoms with Gasteiger partial charge in [-0.25, -0.2) is 9.97 Å². The van der Waals surface area contributed by atoms with Gasteiger partial charge in [-0.1, -0.05) is 6.92 Å². The molecule has 1 aliphatic rings. The van der Waals surface area contributed by atoms with Crippen LogP contribution in [-0.2, 0) is 4.79 Å². The molecular formula is C14H19N3O3S. The number of nitrogens with zero attached hydrogens (tertiary/aromatic N) is 3. The number of carbonyl (C=O) groups is 2. The van der Waals surface area contributed by atoms with Gasteiger partial charge in [-0.3, -0.25) is 9.59 Å². The molecule has 1 aromatic rings. The van der Waals surface area contributed by atoms with Crippen molar-refractivity contribution in [3.8, 4) is 0 Å². The molecule has 6 nitrogen and oxygen atoms in total. The number of carboxylic acid groups (broad SMARTS) is 1. The number of thioether (sulfide) groups is 1. The molecule has 1 amide bonds. The van der Waals surface area contributed by atoms with Gasteiger partial charge in [0, 0.05) is 19.0 Å². The Bertz CT molecular complexity index is 585. The summed E-state index contributed by atoms with van der Waals surface area (Å²) < 4.78 is 0. The van der Waals surface area contributed by atoms with Crippen molar-refractivity contribution in [3.63, 3.8) is 0 Å². The van der Waals surface area contributed by atoms with Crippen molar-refractivity contribution in [2.24, 2.45) is 11.8 Å². The minimum Gasteiger partial charge on any atom is -0.481 e. The molecule has 1 unspecified atom stereocenters. The summed E-state index contributed by atoms with van der Waals surface area (Å²) in [6.45, 7) is 6.25. The minimum atomic E-state index is -0.813. The fourth-order valence-electron chi connectivity index (χ4n) is 2.43. The molecule has 0 spiro atoms. The normalized spacial score (nSPS) is 16.5. The molecule has 0 saturated carbocycles. The number of aliphatic carboxylic acids is 1. The maximum absolute atomic E-state index is 12.6. The lowest BCUT2D eigenvalue weighted by Gasteiger charge is -2.41. The number of carbonyl (C=O) groups excluding carboxylic acids is 1. The van der Waals surface area contributed by atoms with Gasteiger partial charge in [-0.2, -0.15) is 0 Å². The summed E-state index contributed by atoms with van der Waals surface area (Å²) in [5, 5.41) is 9.67. The maximum Gasteiger partial charge on any atom is 0.306 e. The van der Waals surface area contributed by atoms with Gasteiger partial charge < -0.3 is 10.0 Å². The van der Waals surface area contributed by atoms with Gasteiger partial charge in [-0.15, -0.1) is 11.8 Å². The SMILES string of the molecule is CSc1nc(C)nc(C)c1C(=O)N1CC(C(C)C(=O)O)C1. The molecule has 1 N–H and O–H groups in total. The van der Waals surface area contributed by atoms with Gasteiger partial charge in [-0.05, 0) is 20.1 Å². The highest BCUT2D eigenvalue weighted by molar-refractivity contribution is 7.98. The first-order valence-corrected chi connectivity index (χ1v) is 7.99. The monoisotopic (exact) mass is 309 g/mol. The molecule has 0 radical (unpaired) electrons. The Balaban J connectivity index is 2.15. The van der Waals surface area contributed by atoms with Crippen molar-refractivity contribution < 1.29 is 14.7 Å². The van der Waals surface area contributed by atoms with E-state index in [4.69, 9.17) is 5.11 Å². The third-order valence-electron chi connectivity index (χ3n) is 3.87. The molecule has 21 heavy (non-hydrogen) atoms. The Morgan fingerprint density at radius 3 is 2.48 bits per heavy atom. The Morgan fingerprint density at radius 1 is 1.33 bits per heavy atom. The summed E-state index contributed by atoms with van der Waals surface area (Å²) in [6.07, 6.45) is 1.88. The van der Waals surface area contributed by atoms with Crippen LogP contribution in [0, 0.1) is 25.7 Å². The van der Waals surface area contributed by atoms with Crippen molar-refractivity contribution in [3.05, 3.63) is 17.1 Å². The lowest BCUT2D eigenvalue weighted by molar-refractivity contribution is -0.144. The minimum absolute atomic E-state index is 0.0239. The van der Waals surface area contributed by atoms with Gasteiger partial charge in [0.15, 0.2) is 0 Å². The quantitative estimate of drug-likeness (QED) is 0.672. The lowest BCUT2D eigenvalue weighted by atomic mass is 9.86. The van der Waals surface area contributed by atoms with E-state index in [0.717, 1.165) is 0 Å². The molecular weight excluding hydrogens is 290 g/mol. The molecule has 114 valence electrons. The fraction of sp³-hybridized carbons (Fsp3) is 0.571. The molecule has 0 aromatic carbocycles. The van der Waals surface area contributed by atoms with Crippen LogP contribution in [0.1, 0.15) is 28.8 Å². The Kier molecular flexibility index (Phi) is 4.51. The van der Waals surface area contributed by atoms with Crippen LogP contribution >= 0.6 is 11.8 Å². The van der Waals surface area contributed by atoms with E-state index >= 15 is 0 Å². The Hall–Kier alpha value is -1.63. The average molecular weight is 309 g/mol. The Morgan fingerprint density at radius 2 is 1.95 bits per heavy atom. The van der Waals surface area contributed by atoms with Crippen LogP contribution in [0.15, 0.2) is 5.03 Å². The molecule has 0 bridgehead atoms. The van der Waals surface area contributed by atoms with E-state index in [1.807, 2.05) is 6.26 Å². The molecule has 1 fully saturated rings. The number of aryl methyl sites for hydroxylation is 2. The molecule has 1 aromatic heterocycles. The Labute approximate surface area is 128 Å². The number of carboxylic acids is 1. The van der Waals surface area contributed by atoms with Crippen LogP contribution in [0.25, 0.3) is 0 Å². The van der Waals surface area contributed by atoms with Crippen LogP contribution < -0.4 is 0 Å². The van der Waals surface area contributed by atoms with Crippen LogP contribution in [0.5, 0.6) is 0 Å². The van der Waals surface area contributed by atoms with E-state index in [9.17, 15) is 9.59 Å². The van der Waals surface area contributed by atoms with E-state index in [0.29, 0.717) is 35.2 Å². The number of amides is 1. The maximum atomic E-state index is 12.6. The summed E-state index contributed by atoms with van der Waals surface area (Å²) in [7, 11) is 0. The van der Waals surface area contributed by atoms with Gasteiger partial charge in [0.25, 0.3) is 5.91 Å². The third-order valence-corrected chi connectivity index (χ3v) is 4.55. The zero-order chi connectivity index (χ0) is 15.7. The summed E-state index contributed by atoms with van der Waals surface area (Å²) in [5.74, 6) is -0.674. The molecule has 1 aliphatic heterocycles. The predicted molar refractivity (Wildman–Crippen MR) is 79.5 cm³/mol. The first-order valence-electron chi connectivity index (χ1n) is 6.76. The average Bonchev–Trinajstić information content (AvgIpc) is 2.35. The second-order valence-electron chi connectivity index (χ2n) is 5.34. The molecule has 1 saturated heterocycles. The molecule has 2 rings (SSSR count). The van der Waals surface area contributed by atoms with E-state index < -0.39 is 11.9 Å². The predicted octanol–water partition coefficient (Wildman–Crippen LogP) is 1.61. The zero-order valence-corrected chi connectivity index (χ0v) is 13.4. The van der Waals surface area contributed by atoms with Gasteiger partial charge >= 0.3 is 5.97 Å². The van der Waals surface area contributed by atoms with E-state index in [-0.39, 0.29) is 11.8 Å². The van der Waals surface area contributed by atoms with Gasteiger partial charge in [0.2, 0.25) is 0 Å². The van der Waals surface area contributed by atoms with Crippen LogP contribution in [0.2, 0.25) is 0 Å². The largest absolute Gasteiger partial charge is 0.481 e. The smallest absolute Gasteiger partial charge is 0.306 e. The van der Waals surface area contributed by atoms with E-state index in [1.165, 1.54) is 11.8 Å². The second-order valence-corrected chi connectivity index (χ2v) is 6.13. The summed E-state index contributed by atoms with van der Waals surface area (Å²) >= 11 is 1.42. The van der Waals surface area contributed by atoms with Gasteiger partial charge in [0.05, 0.1) is 17.2 Å². The summed E-state index contributed by atoms with van der Waals surface area (Å²) in [6, 6.07) is 0. The van der Waals surface area contributed by atoms with Crippen molar-refractivity contribution in [1.29, 1.82) is 0 Å². The first kappa shape index (κ1) is 15.8. The standard InChI is InChI=1S/C14H19N3O3S/c1-7(14(19)20)10-5-17(6-10)13(18)11-8(2)15-9(3)16-12(11)21-4/h7,10H,5-6H2,1-4H3,(H,19,20). The van der Waals surface area contributed by atoms with E-state index in [2.05, 4.69) is 9.97 Å². The number of hydrogen-bond acceptors (Lipinski definition) is 5. The van der Waals surface area contributed by atoms with Crippen molar-refractivity contribution in [2.75, 3.05) is 19.3 Å². The third kappa shape index (κ3) is 3.02. The first-order chi connectivity index (χ1) is 9.85. The second kappa shape index (κ2) is 6.01. The van der Waals surface area contributed by atoms with Crippen molar-refractivity contribution in [2.45, 2.75) is 25.8 Å². The molecule has 0 aliphatic carbocycles. The molecule has 7 heteroatoms. The summed E-state index contributed by atoms with van der Waals surface area (Å²) in [5.41, 5.74) is 1.21. The van der Waals surface area contributed by atoms with Gasteiger partial charge in [0.1, 0.15) is 10.9 Å². The highest BCUT2D eigenvalue weighted by Crippen LogP contribution is 2.29. The molecule has 2 heterocycles. The zero-order valence-electron chi connectivity index (χ0n) is 12.6. The number of likely N-dealkylation sites (tertiary alicyclic amines) is 1. The highest BCUT2D eigenvalue weighted by atomic mass is 32.2. The fourth-order valence-corrected chi connectivity index (χ4v) is 3.09. The number of hydrogen-bond donors (Lipinski definition) is 1. The molecule has 1 atom stereocenters. The van der Waals surface area contributed by atoms with E-state index in [1.54, 1.807) is 25.7 Å².